The zero-order chi connectivity index (χ0) is 19.4. The van der Waals surface area contributed by atoms with Gasteiger partial charge in [-0.15, -0.1) is 0 Å². The SMILES string of the molecule is Cc1ccc(CNC(=O)C2CCCCN2S(=O)(=O)c2ccc(Cl)cc2)cc1. The molecule has 7 heteroatoms. The highest BCUT2D eigenvalue weighted by Crippen LogP contribution is 2.26. The van der Waals surface area contributed by atoms with Gasteiger partial charge >= 0.3 is 0 Å². The van der Waals surface area contributed by atoms with Gasteiger partial charge in [0.05, 0.1) is 4.90 Å². The molecule has 1 amide bonds. The minimum atomic E-state index is -3.75. The van der Waals surface area contributed by atoms with Crippen molar-refractivity contribution < 1.29 is 13.2 Å². The Labute approximate surface area is 165 Å². The summed E-state index contributed by atoms with van der Waals surface area (Å²) in [7, 11) is -3.75. The van der Waals surface area contributed by atoms with Crippen LogP contribution < -0.4 is 5.32 Å². The lowest BCUT2D eigenvalue weighted by Crippen LogP contribution is -2.51. The van der Waals surface area contributed by atoms with Crippen LogP contribution in [0.25, 0.3) is 0 Å². The number of carbonyl (C=O) groups is 1. The van der Waals surface area contributed by atoms with Crippen LogP contribution in [0.5, 0.6) is 0 Å². The minimum absolute atomic E-state index is 0.158. The van der Waals surface area contributed by atoms with E-state index >= 15 is 0 Å². The Balaban J connectivity index is 1.75. The van der Waals surface area contributed by atoms with E-state index in [-0.39, 0.29) is 10.8 Å². The number of rotatable bonds is 5. The molecule has 1 unspecified atom stereocenters. The number of hydrogen-bond acceptors (Lipinski definition) is 3. The third-order valence-corrected chi connectivity index (χ3v) is 6.94. The summed E-state index contributed by atoms with van der Waals surface area (Å²) >= 11 is 5.86. The van der Waals surface area contributed by atoms with Crippen molar-refractivity contribution in [2.45, 2.75) is 43.7 Å². The molecule has 0 bridgehead atoms. The second kappa shape index (κ2) is 8.42. The molecule has 0 spiro atoms. The number of piperidine rings is 1. The first kappa shape index (κ1) is 19.9. The van der Waals surface area contributed by atoms with Crippen molar-refractivity contribution in [1.29, 1.82) is 0 Å². The molecule has 1 aliphatic rings. The molecule has 1 heterocycles. The Hall–Kier alpha value is -1.89. The lowest BCUT2D eigenvalue weighted by atomic mass is 10.0. The predicted molar refractivity (Wildman–Crippen MR) is 106 cm³/mol. The maximum absolute atomic E-state index is 13.0. The normalized spacial score (nSPS) is 18.2. The summed E-state index contributed by atoms with van der Waals surface area (Å²) in [6, 6.07) is 13.2. The lowest BCUT2D eigenvalue weighted by Gasteiger charge is -2.33. The van der Waals surface area contributed by atoms with Crippen LogP contribution >= 0.6 is 11.6 Å². The highest BCUT2D eigenvalue weighted by Gasteiger charge is 2.37. The van der Waals surface area contributed by atoms with E-state index in [0.717, 1.165) is 24.0 Å². The molecular formula is C20H23ClN2O3S. The van der Waals surface area contributed by atoms with E-state index in [4.69, 9.17) is 11.6 Å². The summed E-state index contributed by atoms with van der Waals surface area (Å²) in [5.74, 6) is -0.257. The van der Waals surface area contributed by atoms with E-state index in [1.165, 1.54) is 16.4 Å². The Morgan fingerprint density at radius 2 is 1.78 bits per heavy atom. The number of carbonyl (C=O) groups excluding carboxylic acids is 1. The second-order valence-corrected chi connectivity index (χ2v) is 9.11. The molecule has 0 aromatic heterocycles. The van der Waals surface area contributed by atoms with E-state index in [1.807, 2.05) is 31.2 Å². The highest BCUT2D eigenvalue weighted by molar-refractivity contribution is 7.89. The molecule has 3 rings (SSSR count). The maximum atomic E-state index is 13.0. The lowest BCUT2D eigenvalue weighted by molar-refractivity contribution is -0.125. The van der Waals surface area contributed by atoms with Crippen molar-refractivity contribution >= 4 is 27.5 Å². The van der Waals surface area contributed by atoms with Crippen molar-refractivity contribution in [3.63, 3.8) is 0 Å². The Morgan fingerprint density at radius 3 is 2.44 bits per heavy atom. The van der Waals surface area contributed by atoms with Crippen LogP contribution in [0.2, 0.25) is 5.02 Å². The first-order valence-electron chi connectivity index (χ1n) is 8.98. The van der Waals surface area contributed by atoms with Gasteiger partial charge in [-0.1, -0.05) is 47.9 Å². The smallest absolute Gasteiger partial charge is 0.243 e. The third-order valence-electron chi connectivity index (χ3n) is 4.76. The molecule has 2 aromatic carbocycles. The number of sulfonamides is 1. The standard InChI is InChI=1S/C20H23ClN2O3S/c1-15-5-7-16(8-6-15)14-22-20(24)19-4-2-3-13-23(19)27(25,26)18-11-9-17(21)10-12-18/h5-12,19H,2-4,13-14H2,1H3,(H,22,24). The molecule has 1 aliphatic heterocycles. The summed E-state index contributed by atoms with van der Waals surface area (Å²) in [6.45, 7) is 2.72. The molecule has 1 N–H and O–H groups in total. The summed E-state index contributed by atoms with van der Waals surface area (Å²) in [5, 5.41) is 3.36. The molecule has 5 nitrogen and oxygen atoms in total. The fourth-order valence-electron chi connectivity index (χ4n) is 3.21. The molecule has 1 saturated heterocycles. The first-order valence-corrected chi connectivity index (χ1v) is 10.8. The van der Waals surface area contributed by atoms with Crippen molar-refractivity contribution in [2.75, 3.05) is 6.54 Å². The Bertz CT molecular complexity index is 896. The van der Waals surface area contributed by atoms with Gasteiger partial charge in [0, 0.05) is 18.1 Å². The Kier molecular flexibility index (Phi) is 6.19. The summed E-state index contributed by atoms with van der Waals surface area (Å²) in [4.78, 5) is 12.9. The van der Waals surface area contributed by atoms with Gasteiger partial charge in [0.1, 0.15) is 6.04 Å². The predicted octanol–water partition coefficient (Wildman–Crippen LogP) is 3.51. The molecule has 1 atom stereocenters. The van der Waals surface area contributed by atoms with Crippen LogP contribution in [0.15, 0.2) is 53.4 Å². The largest absolute Gasteiger partial charge is 0.351 e. The minimum Gasteiger partial charge on any atom is -0.351 e. The Morgan fingerprint density at radius 1 is 1.11 bits per heavy atom. The van der Waals surface area contributed by atoms with Crippen molar-refractivity contribution in [3.8, 4) is 0 Å². The van der Waals surface area contributed by atoms with Crippen LogP contribution in [0, 0.1) is 6.92 Å². The molecule has 1 fully saturated rings. The molecule has 27 heavy (non-hydrogen) atoms. The topological polar surface area (TPSA) is 66.5 Å². The maximum Gasteiger partial charge on any atom is 0.243 e. The zero-order valence-corrected chi connectivity index (χ0v) is 16.8. The summed E-state index contributed by atoms with van der Waals surface area (Å²) in [5.41, 5.74) is 2.13. The average Bonchev–Trinajstić information content (AvgIpc) is 2.67. The van der Waals surface area contributed by atoms with Gasteiger partial charge in [-0.25, -0.2) is 8.42 Å². The van der Waals surface area contributed by atoms with Gasteiger partial charge in [-0.2, -0.15) is 4.31 Å². The highest BCUT2D eigenvalue weighted by atomic mass is 35.5. The second-order valence-electron chi connectivity index (χ2n) is 6.78. The fraction of sp³-hybridized carbons (Fsp3) is 0.350. The van der Waals surface area contributed by atoms with E-state index in [2.05, 4.69) is 5.32 Å². The average molecular weight is 407 g/mol. The molecule has 0 aliphatic carbocycles. The van der Waals surface area contributed by atoms with E-state index < -0.39 is 16.1 Å². The van der Waals surface area contributed by atoms with Gasteiger partial charge in [0.25, 0.3) is 0 Å². The van der Waals surface area contributed by atoms with Crippen LogP contribution in [-0.2, 0) is 21.4 Å². The zero-order valence-electron chi connectivity index (χ0n) is 15.2. The quantitative estimate of drug-likeness (QED) is 0.826. The van der Waals surface area contributed by atoms with Gasteiger partial charge in [-0.05, 0) is 49.6 Å². The summed E-state index contributed by atoms with van der Waals surface area (Å²) < 4.78 is 27.4. The van der Waals surface area contributed by atoms with Crippen molar-refractivity contribution in [2.24, 2.45) is 0 Å². The van der Waals surface area contributed by atoms with E-state index in [0.29, 0.717) is 24.5 Å². The number of nitrogens with zero attached hydrogens (tertiary/aromatic N) is 1. The van der Waals surface area contributed by atoms with Crippen LogP contribution in [0.3, 0.4) is 0 Å². The van der Waals surface area contributed by atoms with Gasteiger partial charge in [0.2, 0.25) is 15.9 Å². The molecule has 144 valence electrons. The van der Waals surface area contributed by atoms with Gasteiger partial charge in [0.15, 0.2) is 0 Å². The number of hydrogen-bond donors (Lipinski definition) is 1. The van der Waals surface area contributed by atoms with Crippen molar-refractivity contribution in [1.82, 2.24) is 9.62 Å². The molecule has 0 radical (unpaired) electrons. The number of nitrogens with one attached hydrogen (secondary N) is 1. The number of benzene rings is 2. The van der Waals surface area contributed by atoms with Crippen LogP contribution in [0.1, 0.15) is 30.4 Å². The molecule has 2 aromatic rings. The van der Waals surface area contributed by atoms with E-state index in [1.54, 1.807) is 12.1 Å². The van der Waals surface area contributed by atoms with Crippen molar-refractivity contribution in [3.05, 3.63) is 64.7 Å². The van der Waals surface area contributed by atoms with Gasteiger partial charge < -0.3 is 5.32 Å². The van der Waals surface area contributed by atoms with Gasteiger partial charge in [-0.3, -0.25) is 4.79 Å². The van der Waals surface area contributed by atoms with Crippen LogP contribution in [-0.4, -0.2) is 31.2 Å². The summed E-state index contributed by atoms with van der Waals surface area (Å²) in [6.07, 6.45) is 2.09. The first-order chi connectivity index (χ1) is 12.9. The third kappa shape index (κ3) is 4.69. The number of amides is 1. The number of aryl methyl sites for hydroxylation is 1. The number of halogens is 1. The fourth-order valence-corrected chi connectivity index (χ4v) is 4.99. The van der Waals surface area contributed by atoms with E-state index in [9.17, 15) is 13.2 Å². The van der Waals surface area contributed by atoms with Crippen LogP contribution in [0.4, 0.5) is 0 Å². The molecular weight excluding hydrogens is 384 g/mol. The molecule has 0 saturated carbocycles. The monoisotopic (exact) mass is 406 g/mol.